The summed E-state index contributed by atoms with van der Waals surface area (Å²) in [6.07, 6.45) is 5.30. The van der Waals surface area contributed by atoms with Gasteiger partial charge >= 0.3 is 0 Å². The fourth-order valence-electron chi connectivity index (χ4n) is 2.04. The van der Waals surface area contributed by atoms with Gasteiger partial charge in [-0.15, -0.1) is 5.10 Å². The average Bonchev–Trinajstić information content (AvgIpc) is 2.76. The summed E-state index contributed by atoms with van der Waals surface area (Å²) in [5.41, 5.74) is 0.652. The SMILES string of the molecule is CC(O)c1cn(CCN2CCCCC2)nn1. The molecule has 5 nitrogen and oxygen atoms in total. The van der Waals surface area contributed by atoms with Crippen molar-refractivity contribution in [2.24, 2.45) is 0 Å². The molecule has 5 heteroatoms. The lowest BCUT2D eigenvalue weighted by molar-refractivity contribution is 0.194. The second-order valence-corrected chi connectivity index (χ2v) is 4.48. The first kappa shape index (κ1) is 11.5. The lowest BCUT2D eigenvalue weighted by Crippen LogP contribution is -2.32. The van der Waals surface area contributed by atoms with Crippen LogP contribution in [0, 0.1) is 0 Å². The van der Waals surface area contributed by atoms with Crippen molar-refractivity contribution in [3.8, 4) is 0 Å². The smallest absolute Gasteiger partial charge is 0.111 e. The summed E-state index contributed by atoms with van der Waals surface area (Å²) in [4.78, 5) is 2.47. The monoisotopic (exact) mass is 224 g/mol. The van der Waals surface area contributed by atoms with Gasteiger partial charge in [0.15, 0.2) is 0 Å². The van der Waals surface area contributed by atoms with Gasteiger partial charge < -0.3 is 10.0 Å². The van der Waals surface area contributed by atoms with Gasteiger partial charge in [0, 0.05) is 6.54 Å². The number of aliphatic hydroxyl groups is 1. The van der Waals surface area contributed by atoms with Crippen LogP contribution in [0.15, 0.2) is 6.20 Å². The van der Waals surface area contributed by atoms with E-state index < -0.39 is 6.10 Å². The van der Waals surface area contributed by atoms with Crippen LogP contribution < -0.4 is 0 Å². The van der Waals surface area contributed by atoms with E-state index in [4.69, 9.17) is 0 Å². The van der Waals surface area contributed by atoms with Gasteiger partial charge in [-0.05, 0) is 32.9 Å². The molecule has 0 spiro atoms. The summed E-state index contributed by atoms with van der Waals surface area (Å²) in [6, 6.07) is 0. The normalized spacial score (nSPS) is 19.9. The van der Waals surface area contributed by atoms with Gasteiger partial charge in [0.2, 0.25) is 0 Å². The Morgan fingerprint density at radius 1 is 1.31 bits per heavy atom. The van der Waals surface area contributed by atoms with E-state index in [0.29, 0.717) is 5.69 Å². The second kappa shape index (κ2) is 5.41. The van der Waals surface area contributed by atoms with Crippen molar-refractivity contribution in [1.29, 1.82) is 0 Å². The molecule has 2 rings (SSSR count). The molecule has 1 unspecified atom stereocenters. The Labute approximate surface area is 96.1 Å². The molecular weight excluding hydrogens is 204 g/mol. The summed E-state index contributed by atoms with van der Waals surface area (Å²) in [5.74, 6) is 0. The third-order valence-electron chi connectivity index (χ3n) is 3.08. The van der Waals surface area contributed by atoms with E-state index in [0.717, 1.165) is 13.1 Å². The van der Waals surface area contributed by atoms with Gasteiger partial charge in [-0.25, -0.2) is 0 Å². The molecule has 1 fully saturated rings. The van der Waals surface area contributed by atoms with Gasteiger partial charge in [-0.2, -0.15) is 0 Å². The molecule has 1 aliphatic heterocycles. The molecule has 16 heavy (non-hydrogen) atoms. The van der Waals surface area contributed by atoms with Crippen LogP contribution >= 0.6 is 0 Å². The topological polar surface area (TPSA) is 54.2 Å². The van der Waals surface area contributed by atoms with Crippen molar-refractivity contribution in [2.45, 2.75) is 38.8 Å². The summed E-state index contributed by atoms with van der Waals surface area (Å²) in [6.45, 7) is 6.01. The van der Waals surface area contributed by atoms with Crippen molar-refractivity contribution < 1.29 is 5.11 Å². The maximum absolute atomic E-state index is 9.33. The van der Waals surface area contributed by atoms with Crippen LogP contribution in [0.4, 0.5) is 0 Å². The molecule has 1 atom stereocenters. The zero-order valence-corrected chi connectivity index (χ0v) is 9.84. The van der Waals surface area contributed by atoms with Crippen LogP contribution in [0.25, 0.3) is 0 Å². The molecule has 0 radical (unpaired) electrons. The van der Waals surface area contributed by atoms with E-state index in [9.17, 15) is 5.11 Å². The molecule has 1 aliphatic rings. The Hall–Kier alpha value is -0.940. The molecule has 1 aromatic rings. The van der Waals surface area contributed by atoms with Crippen molar-refractivity contribution in [1.82, 2.24) is 19.9 Å². The highest BCUT2D eigenvalue weighted by atomic mass is 16.3. The fraction of sp³-hybridized carbons (Fsp3) is 0.818. The Balaban J connectivity index is 1.79. The van der Waals surface area contributed by atoms with Crippen LogP contribution in [-0.2, 0) is 6.54 Å². The zero-order valence-electron chi connectivity index (χ0n) is 9.84. The lowest BCUT2D eigenvalue weighted by Gasteiger charge is -2.25. The molecule has 0 amide bonds. The number of aliphatic hydroxyl groups excluding tert-OH is 1. The van der Waals surface area contributed by atoms with E-state index in [-0.39, 0.29) is 0 Å². The van der Waals surface area contributed by atoms with Crippen LogP contribution in [0.3, 0.4) is 0 Å². The van der Waals surface area contributed by atoms with Crippen molar-refractivity contribution >= 4 is 0 Å². The molecule has 1 N–H and O–H groups in total. The third kappa shape index (κ3) is 3.02. The highest BCUT2D eigenvalue weighted by molar-refractivity contribution is 4.95. The zero-order chi connectivity index (χ0) is 11.4. The molecule has 0 aliphatic carbocycles. The predicted octanol–water partition coefficient (Wildman–Crippen LogP) is 0.817. The second-order valence-electron chi connectivity index (χ2n) is 4.48. The molecule has 0 saturated carbocycles. The van der Waals surface area contributed by atoms with Crippen molar-refractivity contribution in [2.75, 3.05) is 19.6 Å². The Morgan fingerprint density at radius 2 is 2.06 bits per heavy atom. The van der Waals surface area contributed by atoms with Gasteiger partial charge in [-0.1, -0.05) is 11.6 Å². The number of aromatic nitrogens is 3. The molecular formula is C11H20N4O. The van der Waals surface area contributed by atoms with Crippen LogP contribution in [0.1, 0.15) is 38.0 Å². The lowest BCUT2D eigenvalue weighted by atomic mass is 10.1. The van der Waals surface area contributed by atoms with E-state index in [1.807, 2.05) is 10.9 Å². The van der Waals surface area contributed by atoms with Gasteiger partial charge in [-0.3, -0.25) is 4.68 Å². The van der Waals surface area contributed by atoms with Gasteiger partial charge in [0.25, 0.3) is 0 Å². The van der Waals surface area contributed by atoms with E-state index in [2.05, 4.69) is 15.2 Å². The molecule has 90 valence electrons. The molecule has 2 heterocycles. The number of rotatable bonds is 4. The predicted molar refractivity (Wildman–Crippen MR) is 60.9 cm³/mol. The molecule has 0 aromatic carbocycles. The Kier molecular flexibility index (Phi) is 3.90. The minimum atomic E-state index is -0.524. The number of hydrogen-bond donors (Lipinski definition) is 1. The highest BCUT2D eigenvalue weighted by Gasteiger charge is 2.11. The standard InChI is InChI=1S/C11H20N4O/c1-10(16)11-9-15(13-12-11)8-7-14-5-3-2-4-6-14/h9-10,16H,2-8H2,1H3. The maximum atomic E-state index is 9.33. The van der Waals surface area contributed by atoms with E-state index in [1.54, 1.807) is 6.92 Å². The van der Waals surface area contributed by atoms with Crippen LogP contribution in [-0.4, -0.2) is 44.6 Å². The first-order valence-corrected chi connectivity index (χ1v) is 6.06. The number of piperidine rings is 1. The minimum Gasteiger partial charge on any atom is -0.387 e. The average molecular weight is 224 g/mol. The summed E-state index contributed by atoms with van der Waals surface area (Å²) < 4.78 is 1.82. The van der Waals surface area contributed by atoms with Crippen LogP contribution in [0.5, 0.6) is 0 Å². The quantitative estimate of drug-likeness (QED) is 0.822. The first-order chi connectivity index (χ1) is 7.75. The maximum Gasteiger partial charge on any atom is 0.111 e. The Bertz CT molecular complexity index is 318. The summed E-state index contributed by atoms with van der Waals surface area (Å²) in [7, 11) is 0. The number of hydrogen-bond acceptors (Lipinski definition) is 4. The van der Waals surface area contributed by atoms with Gasteiger partial charge in [0.1, 0.15) is 5.69 Å². The Morgan fingerprint density at radius 3 is 2.69 bits per heavy atom. The van der Waals surface area contributed by atoms with E-state index >= 15 is 0 Å². The molecule has 1 aromatic heterocycles. The number of likely N-dealkylation sites (tertiary alicyclic amines) is 1. The third-order valence-corrected chi connectivity index (χ3v) is 3.08. The van der Waals surface area contributed by atoms with Gasteiger partial charge in [0.05, 0.1) is 18.8 Å². The largest absolute Gasteiger partial charge is 0.387 e. The summed E-state index contributed by atoms with van der Waals surface area (Å²) >= 11 is 0. The molecule has 1 saturated heterocycles. The molecule has 0 bridgehead atoms. The highest BCUT2D eigenvalue weighted by Crippen LogP contribution is 2.09. The van der Waals surface area contributed by atoms with Crippen molar-refractivity contribution in [3.05, 3.63) is 11.9 Å². The van der Waals surface area contributed by atoms with Crippen molar-refractivity contribution in [3.63, 3.8) is 0 Å². The summed E-state index contributed by atoms with van der Waals surface area (Å²) in [5, 5.41) is 17.3. The van der Waals surface area contributed by atoms with E-state index in [1.165, 1.54) is 32.4 Å². The number of nitrogens with zero attached hydrogens (tertiary/aromatic N) is 4. The minimum absolute atomic E-state index is 0.524. The van der Waals surface area contributed by atoms with Crippen LogP contribution in [0.2, 0.25) is 0 Å². The fourth-order valence-corrected chi connectivity index (χ4v) is 2.04. The first-order valence-electron chi connectivity index (χ1n) is 6.06.